The van der Waals surface area contributed by atoms with Gasteiger partial charge in [0, 0.05) is 13.1 Å². The highest BCUT2D eigenvalue weighted by Crippen LogP contribution is 2.19. The number of thiocarbonyl (C=S) groups is 1. The van der Waals surface area contributed by atoms with Crippen molar-refractivity contribution in [1.29, 1.82) is 0 Å². The van der Waals surface area contributed by atoms with E-state index in [0.717, 1.165) is 12.8 Å². The van der Waals surface area contributed by atoms with Crippen molar-refractivity contribution in [1.82, 2.24) is 15.5 Å². The number of carbonyl (C=O) groups is 3. The first-order chi connectivity index (χ1) is 13.5. The Morgan fingerprint density at radius 1 is 1.36 bits per heavy atom. The Morgan fingerprint density at radius 2 is 2.11 bits per heavy atom. The van der Waals surface area contributed by atoms with Crippen LogP contribution in [0.3, 0.4) is 0 Å². The molecule has 0 radical (unpaired) electrons. The smallest absolute Gasteiger partial charge is 0.308 e. The molecule has 2 amide bonds. The van der Waals surface area contributed by atoms with Crippen LogP contribution in [0.25, 0.3) is 0 Å². The number of amides is 2. The summed E-state index contributed by atoms with van der Waals surface area (Å²) >= 11 is 5.34. The number of carbonyl (C=O) groups excluding carboxylic acids is 3. The van der Waals surface area contributed by atoms with Crippen LogP contribution in [-0.2, 0) is 14.3 Å². The number of hydrogen-bond acceptors (Lipinski definition) is 6. The molecule has 1 fully saturated rings. The lowest BCUT2D eigenvalue weighted by Crippen LogP contribution is -2.60. The fraction of sp³-hybridized carbons (Fsp3) is 0.474. The van der Waals surface area contributed by atoms with E-state index >= 15 is 0 Å². The van der Waals surface area contributed by atoms with Crippen molar-refractivity contribution < 1.29 is 23.9 Å². The summed E-state index contributed by atoms with van der Waals surface area (Å²) in [7, 11) is 1.25. The van der Waals surface area contributed by atoms with Gasteiger partial charge in [0.2, 0.25) is 5.91 Å². The average molecular weight is 407 g/mol. The molecule has 1 aliphatic heterocycles. The van der Waals surface area contributed by atoms with E-state index in [-0.39, 0.29) is 17.4 Å². The number of esters is 1. The lowest BCUT2D eigenvalue weighted by molar-refractivity contribution is -0.144. The highest BCUT2D eigenvalue weighted by atomic mass is 32.1. The lowest BCUT2D eigenvalue weighted by atomic mass is 10.1. The average Bonchev–Trinajstić information content (AvgIpc) is 2.69. The summed E-state index contributed by atoms with van der Waals surface area (Å²) < 4.78 is 10.3. The molecule has 1 atom stereocenters. The Labute approximate surface area is 169 Å². The van der Waals surface area contributed by atoms with Gasteiger partial charge in [0.05, 0.1) is 25.7 Å². The molecule has 2 rings (SSSR count). The maximum atomic E-state index is 12.7. The predicted molar refractivity (Wildman–Crippen MR) is 107 cm³/mol. The fourth-order valence-corrected chi connectivity index (χ4v) is 3.06. The van der Waals surface area contributed by atoms with Crippen LogP contribution in [-0.4, -0.2) is 60.6 Å². The Kier molecular flexibility index (Phi) is 8.19. The van der Waals surface area contributed by atoms with E-state index < -0.39 is 17.9 Å². The van der Waals surface area contributed by atoms with Crippen LogP contribution in [0, 0.1) is 0 Å². The van der Waals surface area contributed by atoms with Crippen LogP contribution in [0.2, 0.25) is 0 Å². The minimum Gasteiger partial charge on any atom is -0.493 e. The molecule has 1 unspecified atom stereocenters. The maximum Gasteiger partial charge on any atom is 0.308 e. The van der Waals surface area contributed by atoms with Gasteiger partial charge in [-0.05, 0) is 30.8 Å². The number of rotatable bonds is 7. The van der Waals surface area contributed by atoms with Gasteiger partial charge in [0.25, 0.3) is 5.91 Å². The van der Waals surface area contributed by atoms with Crippen LogP contribution in [0.15, 0.2) is 24.3 Å². The van der Waals surface area contributed by atoms with Gasteiger partial charge in [-0.15, -0.1) is 0 Å². The Bertz CT molecular complexity index is 740. The molecule has 0 bridgehead atoms. The Morgan fingerprint density at radius 3 is 2.82 bits per heavy atom. The number of piperazine rings is 1. The number of para-hydroxylation sites is 1. The van der Waals surface area contributed by atoms with Crippen molar-refractivity contribution in [2.45, 2.75) is 32.2 Å². The quantitative estimate of drug-likeness (QED) is 0.399. The van der Waals surface area contributed by atoms with Gasteiger partial charge in [0.15, 0.2) is 5.11 Å². The molecule has 1 aromatic rings. The normalized spacial score (nSPS) is 16.1. The molecular formula is C19H25N3O5S. The zero-order valence-electron chi connectivity index (χ0n) is 16.0. The summed E-state index contributed by atoms with van der Waals surface area (Å²) in [4.78, 5) is 38.0. The minimum absolute atomic E-state index is 0.0807. The van der Waals surface area contributed by atoms with E-state index in [2.05, 4.69) is 22.3 Å². The first-order valence-corrected chi connectivity index (χ1v) is 9.57. The van der Waals surface area contributed by atoms with Gasteiger partial charge in [0.1, 0.15) is 11.8 Å². The zero-order chi connectivity index (χ0) is 20.5. The Balaban J connectivity index is 2.09. The predicted octanol–water partition coefficient (Wildman–Crippen LogP) is 1.24. The van der Waals surface area contributed by atoms with Gasteiger partial charge >= 0.3 is 5.97 Å². The van der Waals surface area contributed by atoms with E-state index in [4.69, 9.17) is 17.0 Å². The summed E-state index contributed by atoms with van der Waals surface area (Å²) in [6.07, 6.45) is 1.71. The minimum atomic E-state index is -0.829. The second kappa shape index (κ2) is 10.6. The summed E-state index contributed by atoms with van der Waals surface area (Å²) in [6.45, 7) is 3.31. The molecule has 0 aliphatic carbocycles. The van der Waals surface area contributed by atoms with Crippen molar-refractivity contribution >= 4 is 35.1 Å². The number of hydrogen-bond donors (Lipinski definition) is 2. The van der Waals surface area contributed by atoms with Crippen LogP contribution < -0.4 is 15.4 Å². The second-order valence-electron chi connectivity index (χ2n) is 6.24. The molecule has 28 heavy (non-hydrogen) atoms. The molecule has 0 aromatic heterocycles. The summed E-state index contributed by atoms with van der Waals surface area (Å²) in [6, 6.07) is 6.07. The molecule has 0 spiro atoms. The third-order valence-corrected chi connectivity index (χ3v) is 4.62. The standard InChI is InChI=1S/C19H25N3O5S/c1-3-4-11-27-15-8-6-5-7-13(15)17(24)21-19(28)22-10-9-20-18(25)14(22)12-16(23)26-2/h5-8,14H,3-4,9-12H2,1-2H3,(H,20,25)(H,21,24,28). The van der Waals surface area contributed by atoms with Gasteiger partial charge in [-0.1, -0.05) is 25.5 Å². The van der Waals surface area contributed by atoms with Crippen LogP contribution >= 0.6 is 12.2 Å². The number of ether oxygens (including phenoxy) is 2. The van der Waals surface area contributed by atoms with Crippen molar-refractivity contribution in [3.63, 3.8) is 0 Å². The number of methoxy groups -OCH3 is 1. The highest BCUT2D eigenvalue weighted by Gasteiger charge is 2.34. The van der Waals surface area contributed by atoms with Crippen molar-refractivity contribution in [2.24, 2.45) is 0 Å². The van der Waals surface area contributed by atoms with Crippen LogP contribution in [0.1, 0.15) is 36.5 Å². The topological polar surface area (TPSA) is 97.0 Å². The Hall–Kier alpha value is -2.68. The molecular weight excluding hydrogens is 382 g/mol. The monoisotopic (exact) mass is 407 g/mol. The first-order valence-electron chi connectivity index (χ1n) is 9.16. The molecule has 2 N–H and O–H groups in total. The van der Waals surface area contributed by atoms with E-state index in [0.29, 0.717) is 31.0 Å². The number of benzene rings is 1. The second-order valence-corrected chi connectivity index (χ2v) is 6.62. The van der Waals surface area contributed by atoms with E-state index in [1.54, 1.807) is 24.3 Å². The SMILES string of the molecule is CCCCOc1ccccc1C(=O)NC(=S)N1CCNC(=O)C1CC(=O)OC. The molecule has 152 valence electrons. The van der Waals surface area contributed by atoms with E-state index in [1.807, 2.05) is 0 Å². The lowest BCUT2D eigenvalue weighted by Gasteiger charge is -2.36. The first kappa shape index (κ1) is 21.6. The van der Waals surface area contributed by atoms with Gasteiger partial charge in [-0.25, -0.2) is 0 Å². The maximum absolute atomic E-state index is 12.7. The third-order valence-electron chi connectivity index (χ3n) is 4.29. The van der Waals surface area contributed by atoms with Crippen LogP contribution in [0.4, 0.5) is 0 Å². The van der Waals surface area contributed by atoms with Crippen molar-refractivity contribution in [3.8, 4) is 5.75 Å². The van der Waals surface area contributed by atoms with E-state index in [9.17, 15) is 14.4 Å². The summed E-state index contributed by atoms with van der Waals surface area (Å²) in [5.74, 6) is -0.828. The van der Waals surface area contributed by atoms with Crippen LogP contribution in [0.5, 0.6) is 5.75 Å². The number of unbranched alkanes of at least 4 members (excludes halogenated alkanes) is 1. The molecule has 1 aromatic carbocycles. The molecule has 0 saturated carbocycles. The molecule has 8 nitrogen and oxygen atoms in total. The highest BCUT2D eigenvalue weighted by molar-refractivity contribution is 7.80. The van der Waals surface area contributed by atoms with Crippen molar-refractivity contribution in [3.05, 3.63) is 29.8 Å². The van der Waals surface area contributed by atoms with E-state index in [1.165, 1.54) is 12.0 Å². The molecule has 9 heteroatoms. The summed E-state index contributed by atoms with van der Waals surface area (Å²) in [5.41, 5.74) is 0.354. The largest absolute Gasteiger partial charge is 0.493 e. The molecule has 1 heterocycles. The summed E-state index contributed by atoms with van der Waals surface area (Å²) in [5, 5.41) is 5.41. The van der Waals surface area contributed by atoms with Crippen molar-refractivity contribution in [2.75, 3.05) is 26.8 Å². The fourth-order valence-electron chi connectivity index (χ4n) is 2.74. The van der Waals surface area contributed by atoms with Gasteiger partial charge in [-0.3, -0.25) is 19.7 Å². The number of nitrogens with zero attached hydrogens (tertiary/aromatic N) is 1. The van der Waals surface area contributed by atoms with Gasteiger partial charge < -0.3 is 19.7 Å². The zero-order valence-corrected chi connectivity index (χ0v) is 16.8. The third kappa shape index (κ3) is 5.66. The molecule has 1 saturated heterocycles. The van der Waals surface area contributed by atoms with Gasteiger partial charge in [-0.2, -0.15) is 0 Å². The molecule has 1 aliphatic rings. The number of nitrogens with one attached hydrogen (secondary N) is 2.